The number of rotatable bonds is 5. The summed E-state index contributed by atoms with van der Waals surface area (Å²) in [7, 11) is 0. The van der Waals surface area contributed by atoms with Crippen LogP contribution in [0.15, 0.2) is 86.4 Å². The lowest BCUT2D eigenvalue weighted by Gasteiger charge is -1.98. The third-order valence-corrected chi connectivity index (χ3v) is 6.19. The van der Waals surface area contributed by atoms with Gasteiger partial charge >= 0.3 is 5.56 Å². The Morgan fingerprint density at radius 2 is 1.58 bits per heavy atom. The van der Waals surface area contributed by atoms with E-state index in [9.17, 15) is 4.79 Å². The second kappa shape index (κ2) is 8.21. The van der Waals surface area contributed by atoms with Crippen molar-refractivity contribution in [2.24, 2.45) is 10.2 Å². The van der Waals surface area contributed by atoms with Crippen molar-refractivity contribution in [2.75, 3.05) is 0 Å². The predicted octanol–water partition coefficient (Wildman–Crippen LogP) is 6.14. The van der Waals surface area contributed by atoms with E-state index in [0.29, 0.717) is 16.0 Å². The van der Waals surface area contributed by atoms with E-state index >= 15 is 0 Å². The Labute approximate surface area is 185 Å². The van der Waals surface area contributed by atoms with Crippen molar-refractivity contribution in [3.63, 3.8) is 0 Å². The maximum Gasteiger partial charge on any atom is 0.301 e. The summed E-state index contributed by atoms with van der Waals surface area (Å²) in [6.07, 6.45) is 0. The SMILES string of the molecule is Cc1csc(N=Nc2c(-c3ccccc3)[nH]n(-c3nc(-c4ccccc4)cs3)c2=O)n1. The molecular formula is C22H16N6OS2. The molecule has 5 rings (SSSR count). The second-order valence-corrected chi connectivity index (χ2v) is 8.37. The van der Waals surface area contributed by atoms with E-state index in [1.54, 1.807) is 0 Å². The largest absolute Gasteiger partial charge is 0.301 e. The molecule has 5 aromatic rings. The Balaban J connectivity index is 1.61. The standard InChI is InChI=1S/C22H16N6OS2/c1-14-12-30-21(23-14)26-25-19-18(16-10-6-3-7-11-16)27-28(20(19)29)22-24-17(13-31-22)15-8-4-2-5-9-15/h2-13,27H,1H3. The van der Waals surface area contributed by atoms with Crippen molar-refractivity contribution in [1.82, 2.24) is 19.7 Å². The molecule has 0 saturated carbocycles. The molecule has 0 aliphatic rings. The van der Waals surface area contributed by atoms with Gasteiger partial charge in [-0.25, -0.2) is 9.97 Å². The number of azo groups is 1. The van der Waals surface area contributed by atoms with Gasteiger partial charge in [0.25, 0.3) is 0 Å². The number of aromatic amines is 1. The third kappa shape index (κ3) is 3.88. The molecule has 0 fully saturated rings. The summed E-state index contributed by atoms with van der Waals surface area (Å²) in [5.74, 6) is 0. The predicted molar refractivity (Wildman–Crippen MR) is 124 cm³/mol. The van der Waals surface area contributed by atoms with E-state index < -0.39 is 0 Å². The molecule has 31 heavy (non-hydrogen) atoms. The minimum atomic E-state index is -0.315. The fraction of sp³-hybridized carbons (Fsp3) is 0.0455. The van der Waals surface area contributed by atoms with Gasteiger partial charge in [0.15, 0.2) is 5.69 Å². The highest BCUT2D eigenvalue weighted by molar-refractivity contribution is 7.13. The van der Waals surface area contributed by atoms with Gasteiger partial charge < -0.3 is 0 Å². The summed E-state index contributed by atoms with van der Waals surface area (Å²) in [5.41, 5.74) is 3.99. The molecule has 7 nitrogen and oxygen atoms in total. The number of nitrogens with one attached hydrogen (secondary N) is 1. The maximum absolute atomic E-state index is 13.3. The monoisotopic (exact) mass is 444 g/mol. The molecule has 0 bridgehead atoms. The molecule has 0 aliphatic heterocycles. The lowest BCUT2D eigenvalue weighted by molar-refractivity contribution is 0.843. The molecule has 0 radical (unpaired) electrons. The lowest BCUT2D eigenvalue weighted by atomic mass is 10.1. The fourth-order valence-corrected chi connectivity index (χ4v) is 4.45. The molecule has 0 amide bonds. The summed E-state index contributed by atoms with van der Waals surface area (Å²) >= 11 is 2.76. The number of benzene rings is 2. The van der Waals surface area contributed by atoms with Gasteiger partial charge in [-0.2, -0.15) is 4.68 Å². The Morgan fingerprint density at radius 3 is 2.26 bits per heavy atom. The molecule has 3 aromatic heterocycles. The third-order valence-electron chi connectivity index (χ3n) is 4.52. The van der Waals surface area contributed by atoms with Gasteiger partial charge in [-0.1, -0.05) is 60.7 Å². The van der Waals surface area contributed by atoms with E-state index in [4.69, 9.17) is 0 Å². The lowest BCUT2D eigenvalue weighted by Crippen LogP contribution is -2.13. The van der Waals surface area contributed by atoms with Gasteiger partial charge in [-0.15, -0.1) is 32.9 Å². The van der Waals surface area contributed by atoms with Gasteiger partial charge in [0.2, 0.25) is 10.3 Å². The number of aryl methyl sites for hydroxylation is 1. The van der Waals surface area contributed by atoms with Crippen LogP contribution < -0.4 is 5.56 Å². The normalized spacial score (nSPS) is 11.4. The highest BCUT2D eigenvalue weighted by atomic mass is 32.1. The van der Waals surface area contributed by atoms with Crippen molar-refractivity contribution in [2.45, 2.75) is 6.92 Å². The number of nitrogens with zero attached hydrogens (tertiary/aromatic N) is 5. The van der Waals surface area contributed by atoms with Crippen molar-refractivity contribution in [1.29, 1.82) is 0 Å². The minimum Gasteiger partial charge on any atom is -0.286 e. The number of H-pyrrole nitrogens is 1. The van der Waals surface area contributed by atoms with Gasteiger partial charge in [0.05, 0.1) is 17.1 Å². The van der Waals surface area contributed by atoms with Crippen LogP contribution in [0, 0.1) is 6.92 Å². The van der Waals surface area contributed by atoms with Crippen LogP contribution in [0.25, 0.3) is 27.6 Å². The Kier molecular flexibility index (Phi) is 5.11. The summed E-state index contributed by atoms with van der Waals surface area (Å²) in [6, 6.07) is 19.4. The van der Waals surface area contributed by atoms with Crippen LogP contribution in [0.2, 0.25) is 0 Å². The van der Waals surface area contributed by atoms with Gasteiger partial charge in [-0.3, -0.25) is 9.89 Å². The zero-order chi connectivity index (χ0) is 21.2. The van der Waals surface area contributed by atoms with E-state index in [-0.39, 0.29) is 11.2 Å². The molecule has 1 N–H and O–H groups in total. The molecule has 0 atom stereocenters. The first kappa shape index (κ1) is 19.3. The van der Waals surface area contributed by atoms with Gasteiger partial charge in [-0.05, 0) is 6.92 Å². The second-order valence-electron chi connectivity index (χ2n) is 6.69. The van der Waals surface area contributed by atoms with Crippen molar-refractivity contribution >= 4 is 33.5 Å². The van der Waals surface area contributed by atoms with Crippen LogP contribution in [-0.4, -0.2) is 19.7 Å². The summed E-state index contributed by atoms with van der Waals surface area (Å²) < 4.78 is 1.42. The Hall–Kier alpha value is -3.69. The first-order valence-corrected chi connectivity index (χ1v) is 11.2. The molecule has 0 aliphatic carbocycles. The number of hydrogen-bond acceptors (Lipinski definition) is 7. The van der Waals surface area contributed by atoms with Gasteiger partial charge in [0.1, 0.15) is 0 Å². The highest BCUT2D eigenvalue weighted by Gasteiger charge is 2.19. The molecule has 2 aromatic carbocycles. The van der Waals surface area contributed by atoms with E-state index in [0.717, 1.165) is 22.5 Å². The Morgan fingerprint density at radius 1 is 0.871 bits per heavy atom. The van der Waals surface area contributed by atoms with Crippen LogP contribution in [-0.2, 0) is 0 Å². The maximum atomic E-state index is 13.3. The van der Waals surface area contributed by atoms with Crippen molar-refractivity contribution < 1.29 is 0 Å². The first-order valence-electron chi connectivity index (χ1n) is 9.44. The summed E-state index contributed by atoms with van der Waals surface area (Å²) in [5, 5.41) is 16.5. The molecule has 152 valence electrons. The van der Waals surface area contributed by atoms with Crippen LogP contribution in [0.4, 0.5) is 10.8 Å². The van der Waals surface area contributed by atoms with E-state index in [1.807, 2.05) is 78.3 Å². The number of thiazole rings is 2. The topological polar surface area (TPSA) is 88.3 Å². The number of aromatic nitrogens is 4. The quantitative estimate of drug-likeness (QED) is 0.330. The molecule has 9 heteroatoms. The highest BCUT2D eigenvalue weighted by Crippen LogP contribution is 2.30. The first-order chi connectivity index (χ1) is 15.2. The smallest absolute Gasteiger partial charge is 0.286 e. The average molecular weight is 445 g/mol. The Bertz CT molecular complexity index is 1410. The fourth-order valence-electron chi connectivity index (χ4n) is 3.05. The number of hydrogen-bond donors (Lipinski definition) is 1. The molecule has 0 spiro atoms. The summed E-state index contributed by atoms with van der Waals surface area (Å²) in [6.45, 7) is 1.89. The van der Waals surface area contributed by atoms with E-state index in [1.165, 1.54) is 27.4 Å². The molecule has 0 saturated heterocycles. The van der Waals surface area contributed by atoms with Gasteiger partial charge in [0, 0.05) is 21.9 Å². The average Bonchev–Trinajstić information content (AvgIpc) is 3.53. The van der Waals surface area contributed by atoms with Crippen LogP contribution in [0.3, 0.4) is 0 Å². The molecule has 0 unspecified atom stereocenters. The van der Waals surface area contributed by atoms with Crippen LogP contribution in [0.1, 0.15) is 5.69 Å². The van der Waals surface area contributed by atoms with Crippen molar-refractivity contribution in [3.05, 3.63) is 87.5 Å². The van der Waals surface area contributed by atoms with Crippen molar-refractivity contribution in [3.8, 4) is 27.6 Å². The zero-order valence-corrected chi connectivity index (χ0v) is 18.0. The van der Waals surface area contributed by atoms with E-state index in [2.05, 4.69) is 25.3 Å². The summed E-state index contributed by atoms with van der Waals surface area (Å²) in [4.78, 5) is 22.2. The van der Waals surface area contributed by atoms with Crippen LogP contribution >= 0.6 is 22.7 Å². The van der Waals surface area contributed by atoms with Crippen LogP contribution in [0.5, 0.6) is 0 Å². The molecular weight excluding hydrogens is 428 g/mol. The molecule has 3 heterocycles. The minimum absolute atomic E-state index is 0.218. The zero-order valence-electron chi connectivity index (χ0n) is 16.4.